The molecule has 0 saturated carbocycles. The number of sulfonamides is 1. The fourth-order valence-corrected chi connectivity index (χ4v) is 4.65. The Kier molecular flexibility index (Phi) is 4.41. The van der Waals surface area contributed by atoms with Crippen LogP contribution in [0.5, 0.6) is 0 Å². The third-order valence-corrected chi connectivity index (χ3v) is 6.60. The second-order valence-corrected chi connectivity index (χ2v) is 8.26. The van der Waals surface area contributed by atoms with Gasteiger partial charge in [0.2, 0.25) is 10.0 Å². The molecule has 0 unspecified atom stereocenters. The summed E-state index contributed by atoms with van der Waals surface area (Å²) in [5.74, 6) is 0. The van der Waals surface area contributed by atoms with Crippen molar-refractivity contribution in [3.63, 3.8) is 0 Å². The Morgan fingerprint density at radius 2 is 1.86 bits per heavy atom. The van der Waals surface area contributed by atoms with E-state index in [2.05, 4.69) is 0 Å². The molecule has 0 saturated heterocycles. The first-order valence-corrected chi connectivity index (χ1v) is 8.91. The van der Waals surface area contributed by atoms with E-state index >= 15 is 0 Å². The lowest BCUT2D eigenvalue weighted by atomic mass is 10.1. The number of nitrogen functional groups attached to an aromatic ring is 1. The summed E-state index contributed by atoms with van der Waals surface area (Å²) < 4.78 is 26.9. The zero-order valence-corrected chi connectivity index (χ0v) is 14.3. The molecule has 1 heterocycles. The van der Waals surface area contributed by atoms with E-state index in [1.807, 2.05) is 32.2 Å². The Morgan fingerprint density at radius 1 is 1.19 bits per heavy atom. The van der Waals surface area contributed by atoms with Gasteiger partial charge in [0.1, 0.15) is 0 Å². The number of hydrogen-bond donors (Lipinski definition) is 1. The molecule has 21 heavy (non-hydrogen) atoms. The van der Waals surface area contributed by atoms with Crippen LogP contribution in [0.4, 0.5) is 5.69 Å². The van der Waals surface area contributed by atoms with Crippen molar-refractivity contribution in [2.24, 2.45) is 0 Å². The molecule has 0 bridgehead atoms. The van der Waals surface area contributed by atoms with Crippen molar-refractivity contribution >= 4 is 27.0 Å². The molecule has 0 aliphatic rings. The second kappa shape index (κ2) is 5.79. The van der Waals surface area contributed by atoms with Gasteiger partial charge in [-0.05, 0) is 61.0 Å². The van der Waals surface area contributed by atoms with Gasteiger partial charge in [-0.3, -0.25) is 0 Å². The summed E-state index contributed by atoms with van der Waals surface area (Å²) in [6, 6.07) is 5.32. The van der Waals surface area contributed by atoms with Gasteiger partial charge in [-0.2, -0.15) is 4.31 Å². The molecule has 0 amide bonds. The molecule has 2 N–H and O–H groups in total. The van der Waals surface area contributed by atoms with E-state index in [-0.39, 0.29) is 4.90 Å². The van der Waals surface area contributed by atoms with Crippen molar-refractivity contribution < 1.29 is 8.42 Å². The normalized spacial score (nSPS) is 12.0. The van der Waals surface area contributed by atoms with Crippen LogP contribution >= 0.6 is 11.3 Å². The van der Waals surface area contributed by atoms with Crippen LogP contribution in [0.25, 0.3) is 0 Å². The smallest absolute Gasteiger partial charge is 0.243 e. The largest absolute Gasteiger partial charge is 0.399 e. The van der Waals surface area contributed by atoms with Gasteiger partial charge in [-0.25, -0.2) is 8.42 Å². The van der Waals surface area contributed by atoms with Crippen molar-refractivity contribution in [1.82, 2.24) is 4.31 Å². The summed E-state index contributed by atoms with van der Waals surface area (Å²) in [4.78, 5) is 1.34. The van der Waals surface area contributed by atoms with E-state index in [1.54, 1.807) is 24.5 Å². The molecule has 2 aromatic rings. The van der Waals surface area contributed by atoms with Crippen molar-refractivity contribution in [1.29, 1.82) is 0 Å². The summed E-state index contributed by atoms with van der Waals surface area (Å²) in [5.41, 5.74) is 9.02. The highest BCUT2D eigenvalue weighted by Crippen LogP contribution is 2.27. The van der Waals surface area contributed by atoms with Gasteiger partial charge in [0.25, 0.3) is 0 Å². The molecule has 0 spiro atoms. The van der Waals surface area contributed by atoms with E-state index in [9.17, 15) is 8.42 Å². The Hall–Kier alpha value is -1.37. The van der Waals surface area contributed by atoms with E-state index in [0.717, 1.165) is 21.6 Å². The Bertz CT molecular complexity index is 764. The van der Waals surface area contributed by atoms with E-state index in [4.69, 9.17) is 5.73 Å². The fourth-order valence-electron chi connectivity index (χ4n) is 2.14. The fraction of sp³-hybridized carbons (Fsp3) is 0.333. The first-order valence-electron chi connectivity index (χ1n) is 6.59. The average molecular weight is 324 g/mol. The number of aryl methyl sites for hydroxylation is 2. The lowest BCUT2D eigenvalue weighted by molar-refractivity contribution is 0.468. The Morgan fingerprint density at radius 3 is 2.43 bits per heavy atom. The molecule has 114 valence electrons. The summed E-state index contributed by atoms with van der Waals surface area (Å²) in [6.45, 7) is 6.04. The average Bonchev–Trinajstić information content (AvgIpc) is 2.79. The highest BCUT2D eigenvalue weighted by Gasteiger charge is 2.24. The predicted molar refractivity (Wildman–Crippen MR) is 88.0 cm³/mol. The maximum atomic E-state index is 12.8. The van der Waals surface area contributed by atoms with Gasteiger partial charge in [0.15, 0.2) is 0 Å². The van der Waals surface area contributed by atoms with Crippen molar-refractivity contribution in [3.05, 3.63) is 45.1 Å². The number of nitrogens with two attached hydrogens (primary N) is 1. The molecule has 2 rings (SSSR count). The molecule has 1 aromatic carbocycles. The molecule has 0 aliphatic heterocycles. The molecule has 0 radical (unpaired) electrons. The molecule has 4 nitrogen and oxygen atoms in total. The van der Waals surface area contributed by atoms with Gasteiger partial charge in [-0.15, -0.1) is 11.3 Å². The Labute approximate surface area is 130 Å². The topological polar surface area (TPSA) is 63.4 Å². The molecule has 0 fully saturated rings. The van der Waals surface area contributed by atoms with E-state index < -0.39 is 10.0 Å². The second-order valence-electron chi connectivity index (χ2n) is 5.25. The van der Waals surface area contributed by atoms with Crippen molar-refractivity contribution in [3.8, 4) is 0 Å². The van der Waals surface area contributed by atoms with Crippen LogP contribution in [0, 0.1) is 20.8 Å². The monoisotopic (exact) mass is 324 g/mol. The zero-order valence-electron chi connectivity index (χ0n) is 12.7. The molecule has 6 heteroatoms. The van der Waals surface area contributed by atoms with Gasteiger partial charge in [0.05, 0.1) is 4.90 Å². The van der Waals surface area contributed by atoms with Crippen LogP contribution in [0.3, 0.4) is 0 Å². The minimum Gasteiger partial charge on any atom is -0.399 e. The zero-order chi connectivity index (χ0) is 15.8. The number of anilines is 1. The van der Waals surface area contributed by atoms with Crippen LogP contribution in [0.1, 0.15) is 21.6 Å². The first kappa shape index (κ1) is 16.0. The number of nitrogens with zero attached hydrogens (tertiary/aromatic N) is 1. The lowest BCUT2D eigenvalue weighted by Gasteiger charge is -2.19. The van der Waals surface area contributed by atoms with Crippen LogP contribution < -0.4 is 5.73 Å². The minimum atomic E-state index is -3.55. The summed E-state index contributed by atoms with van der Waals surface area (Å²) in [5, 5.41) is 1.97. The Balaban J connectivity index is 2.40. The maximum Gasteiger partial charge on any atom is 0.243 e. The SMILES string of the molecule is Cc1ccsc1CN(C)S(=O)(=O)c1cc(N)cc(C)c1C. The first-order chi connectivity index (χ1) is 9.73. The van der Waals surface area contributed by atoms with E-state index in [0.29, 0.717) is 12.2 Å². The number of rotatable bonds is 4. The van der Waals surface area contributed by atoms with E-state index in [1.165, 1.54) is 10.4 Å². The number of hydrogen-bond acceptors (Lipinski definition) is 4. The highest BCUT2D eigenvalue weighted by atomic mass is 32.2. The number of benzene rings is 1. The molecule has 0 atom stereocenters. The summed E-state index contributed by atoms with van der Waals surface area (Å²) >= 11 is 1.57. The van der Waals surface area contributed by atoms with Gasteiger partial charge in [-0.1, -0.05) is 0 Å². The van der Waals surface area contributed by atoms with Crippen molar-refractivity contribution in [2.75, 3.05) is 12.8 Å². The minimum absolute atomic E-state index is 0.289. The predicted octanol–water partition coefficient (Wildman–Crippen LogP) is 3.08. The lowest BCUT2D eigenvalue weighted by Crippen LogP contribution is -2.27. The highest BCUT2D eigenvalue weighted by molar-refractivity contribution is 7.89. The van der Waals surface area contributed by atoms with Crippen LogP contribution in [0.15, 0.2) is 28.5 Å². The summed E-state index contributed by atoms with van der Waals surface area (Å²) in [6.07, 6.45) is 0. The summed E-state index contributed by atoms with van der Waals surface area (Å²) in [7, 11) is -1.94. The van der Waals surface area contributed by atoms with Crippen LogP contribution in [0.2, 0.25) is 0 Å². The molecule has 0 aliphatic carbocycles. The van der Waals surface area contributed by atoms with Crippen LogP contribution in [-0.2, 0) is 16.6 Å². The molecular weight excluding hydrogens is 304 g/mol. The van der Waals surface area contributed by atoms with Gasteiger partial charge < -0.3 is 5.73 Å². The third kappa shape index (κ3) is 3.12. The van der Waals surface area contributed by atoms with Gasteiger partial charge in [0, 0.05) is 24.2 Å². The molecular formula is C15H20N2O2S2. The van der Waals surface area contributed by atoms with Crippen LogP contribution in [-0.4, -0.2) is 19.8 Å². The standard InChI is InChI=1S/C15H20N2O2S2/c1-10-5-6-20-14(10)9-17(4)21(18,19)15-8-13(16)7-11(2)12(15)3/h5-8H,9,16H2,1-4H3. The quantitative estimate of drug-likeness (QED) is 0.879. The molecule has 1 aromatic heterocycles. The van der Waals surface area contributed by atoms with Crippen molar-refractivity contribution in [2.45, 2.75) is 32.2 Å². The number of thiophene rings is 1. The van der Waals surface area contributed by atoms with Gasteiger partial charge >= 0.3 is 0 Å². The maximum absolute atomic E-state index is 12.8. The third-order valence-electron chi connectivity index (χ3n) is 3.66.